The Kier molecular flexibility index (Phi) is 3.41. The fourth-order valence-corrected chi connectivity index (χ4v) is 3.33. The maximum absolute atomic E-state index is 13.2. The summed E-state index contributed by atoms with van der Waals surface area (Å²) in [7, 11) is 0. The second-order valence-corrected chi connectivity index (χ2v) is 5.59. The summed E-state index contributed by atoms with van der Waals surface area (Å²) in [6.07, 6.45) is 3.72. The van der Waals surface area contributed by atoms with Gasteiger partial charge in [-0.2, -0.15) is 0 Å². The molecular formula is C14H20FN3O. The van der Waals surface area contributed by atoms with Crippen LogP contribution in [0.5, 0.6) is 0 Å². The third kappa shape index (κ3) is 2.32. The van der Waals surface area contributed by atoms with Crippen molar-refractivity contribution in [2.75, 3.05) is 24.5 Å². The van der Waals surface area contributed by atoms with Gasteiger partial charge in [-0.1, -0.05) is 0 Å². The number of hydrogen-bond acceptors (Lipinski definition) is 4. The van der Waals surface area contributed by atoms with Crippen molar-refractivity contribution in [1.29, 1.82) is 0 Å². The largest absolute Gasteiger partial charge is 0.392 e. The predicted molar refractivity (Wildman–Crippen MR) is 71.5 cm³/mol. The lowest BCUT2D eigenvalue weighted by Gasteiger charge is -2.43. The van der Waals surface area contributed by atoms with Crippen molar-refractivity contribution in [3.8, 4) is 0 Å². The van der Waals surface area contributed by atoms with Crippen LogP contribution >= 0.6 is 0 Å². The second-order valence-electron chi connectivity index (χ2n) is 5.59. The van der Waals surface area contributed by atoms with Crippen LogP contribution in [0.3, 0.4) is 0 Å². The van der Waals surface area contributed by atoms with Crippen molar-refractivity contribution in [3.05, 3.63) is 23.6 Å². The Hall–Kier alpha value is -1.20. The molecule has 1 aromatic rings. The zero-order valence-electron chi connectivity index (χ0n) is 11.2. The van der Waals surface area contributed by atoms with E-state index in [1.807, 2.05) is 0 Å². The molecular weight excluding hydrogens is 245 g/mol. The van der Waals surface area contributed by atoms with Gasteiger partial charge < -0.3 is 10.0 Å². The average molecular weight is 265 g/mol. The molecule has 19 heavy (non-hydrogen) atoms. The van der Waals surface area contributed by atoms with Crippen LogP contribution < -0.4 is 4.90 Å². The lowest BCUT2D eigenvalue weighted by molar-refractivity contribution is 0.201. The third-order valence-electron chi connectivity index (χ3n) is 4.29. The van der Waals surface area contributed by atoms with Crippen molar-refractivity contribution in [2.24, 2.45) is 0 Å². The van der Waals surface area contributed by atoms with E-state index in [2.05, 4.69) is 21.7 Å². The molecule has 0 radical (unpaired) electrons. The summed E-state index contributed by atoms with van der Waals surface area (Å²) in [6, 6.07) is 2.31. The molecule has 0 aromatic carbocycles. The molecule has 3 rings (SSSR count). The maximum Gasteiger partial charge on any atom is 0.142 e. The zero-order chi connectivity index (χ0) is 13.4. The Bertz CT molecular complexity index is 468. The minimum Gasteiger partial charge on any atom is -0.392 e. The quantitative estimate of drug-likeness (QED) is 0.877. The van der Waals surface area contributed by atoms with Crippen LogP contribution in [0, 0.1) is 5.82 Å². The van der Waals surface area contributed by atoms with E-state index < -0.39 is 0 Å². The van der Waals surface area contributed by atoms with Gasteiger partial charge in [0.05, 0.1) is 12.8 Å². The molecule has 0 amide bonds. The minimum absolute atomic E-state index is 0.169. The van der Waals surface area contributed by atoms with E-state index in [-0.39, 0.29) is 12.4 Å². The number of rotatable bonds is 2. The standard InChI is InChI=1S/C14H20FN3O/c1-10-7-17-4-2-3-13(17)8-18(10)14-11(9-19)5-12(15)6-16-14/h5-6,10,13,19H,2-4,7-9H2,1H3. The topological polar surface area (TPSA) is 39.6 Å². The van der Waals surface area contributed by atoms with Crippen molar-refractivity contribution < 1.29 is 9.50 Å². The molecule has 2 fully saturated rings. The molecule has 2 aliphatic heterocycles. The highest BCUT2D eigenvalue weighted by Crippen LogP contribution is 2.29. The summed E-state index contributed by atoms with van der Waals surface area (Å²) in [5, 5.41) is 9.40. The second kappa shape index (κ2) is 5.06. The predicted octanol–water partition coefficient (Wildman–Crippen LogP) is 1.39. The maximum atomic E-state index is 13.2. The summed E-state index contributed by atoms with van der Waals surface area (Å²) >= 11 is 0. The van der Waals surface area contributed by atoms with E-state index in [1.54, 1.807) is 0 Å². The van der Waals surface area contributed by atoms with Crippen LogP contribution in [-0.4, -0.2) is 46.7 Å². The van der Waals surface area contributed by atoms with Crippen LogP contribution in [0.15, 0.2) is 12.3 Å². The highest BCUT2D eigenvalue weighted by molar-refractivity contribution is 5.48. The molecule has 0 aliphatic carbocycles. The number of aliphatic hydroxyl groups is 1. The van der Waals surface area contributed by atoms with E-state index in [4.69, 9.17) is 0 Å². The number of fused-ring (bicyclic) bond motifs is 1. The Morgan fingerprint density at radius 3 is 3.11 bits per heavy atom. The van der Waals surface area contributed by atoms with Crippen LogP contribution in [0.2, 0.25) is 0 Å². The first-order chi connectivity index (χ1) is 9.19. The molecule has 2 saturated heterocycles. The minimum atomic E-state index is -0.389. The number of aliphatic hydroxyl groups excluding tert-OH is 1. The third-order valence-corrected chi connectivity index (χ3v) is 4.29. The van der Waals surface area contributed by atoms with Crippen molar-refractivity contribution in [1.82, 2.24) is 9.88 Å². The normalized spacial score (nSPS) is 27.6. The van der Waals surface area contributed by atoms with Gasteiger partial charge in [0.1, 0.15) is 11.6 Å². The first-order valence-corrected chi connectivity index (χ1v) is 6.95. The lowest BCUT2D eigenvalue weighted by atomic mass is 10.1. The number of halogens is 1. The number of anilines is 1. The number of aromatic nitrogens is 1. The Labute approximate surface area is 112 Å². The van der Waals surface area contributed by atoms with E-state index in [1.165, 1.54) is 31.6 Å². The number of pyridine rings is 1. The summed E-state index contributed by atoms with van der Waals surface area (Å²) in [5.41, 5.74) is 0.582. The van der Waals surface area contributed by atoms with E-state index >= 15 is 0 Å². The molecule has 2 unspecified atom stereocenters. The molecule has 2 aliphatic rings. The summed E-state index contributed by atoms with van der Waals surface area (Å²) in [6.45, 7) is 5.13. The molecule has 5 heteroatoms. The van der Waals surface area contributed by atoms with Crippen LogP contribution in [-0.2, 0) is 6.61 Å². The van der Waals surface area contributed by atoms with Gasteiger partial charge in [-0.25, -0.2) is 9.37 Å². The zero-order valence-corrected chi connectivity index (χ0v) is 11.2. The first kappa shape index (κ1) is 12.8. The summed E-state index contributed by atoms with van der Waals surface area (Å²) in [4.78, 5) is 8.96. The Morgan fingerprint density at radius 1 is 1.47 bits per heavy atom. The first-order valence-electron chi connectivity index (χ1n) is 6.95. The molecule has 1 N–H and O–H groups in total. The van der Waals surface area contributed by atoms with Crippen LogP contribution in [0.25, 0.3) is 0 Å². The molecule has 0 saturated carbocycles. The smallest absolute Gasteiger partial charge is 0.142 e. The van der Waals surface area contributed by atoms with E-state index in [0.29, 0.717) is 17.6 Å². The van der Waals surface area contributed by atoms with Crippen molar-refractivity contribution in [3.63, 3.8) is 0 Å². The van der Waals surface area contributed by atoms with Gasteiger partial charge in [0.2, 0.25) is 0 Å². The molecule has 0 spiro atoms. The van der Waals surface area contributed by atoms with Crippen LogP contribution in [0.1, 0.15) is 25.3 Å². The SMILES string of the molecule is CC1CN2CCCC2CN1c1ncc(F)cc1CO. The number of piperazine rings is 1. The van der Waals surface area contributed by atoms with Gasteiger partial charge in [0.25, 0.3) is 0 Å². The molecule has 1 aromatic heterocycles. The molecule has 3 heterocycles. The molecule has 0 bridgehead atoms. The van der Waals surface area contributed by atoms with Gasteiger partial charge in [-0.05, 0) is 32.4 Å². The Balaban J connectivity index is 1.88. The highest BCUT2D eigenvalue weighted by atomic mass is 19.1. The molecule has 4 nitrogen and oxygen atoms in total. The monoisotopic (exact) mass is 265 g/mol. The van der Waals surface area contributed by atoms with Crippen molar-refractivity contribution in [2.45, 2.75) is 38.5 Å². The van der Waals surface area contributed by atoms with E-state index in [0.717, 1.165) is 18.9 Å². The lowest BCUT2D eigenvalue weighted by Crippen LogP contribution is -2.55. The van der Waals surface area contributed by atoms with Crippen molar-refractivity contribution >= 4 is 5.82 Å². The average Bonchev–Trinajstić information content (AvgIpc) is 2.85. The van der Waals surface area contributed by atoms with Gasteiger partial charge >= 0.3 is 0 Å². The van der Waals surface area contributed by atoms with Gasteiger partial charge in [0, 0.05) is 30.7 Å². The fourth-order valence-electron chi connectivity index (χ4n) is 3.33. The van der Waals surface area contributed by atoms with Gasteiger partial charge in [-0.3, -0.25) is 4.90 Å². The molecule has 2 atom stereocenters. The number of nitrogens with zero attached hydrogens (tertiary/aromatic N) is 3. The van der Waals surface area contributed by atoms with Gasteiger partial charge in [0.15, 0.2) is 0 Å². The van der Waals surface area contributed by atoms with Gasteiger partial charge in [-0.15, -0.1) is 0 Å². The fraction of sp³-hybridized carbons (Fsp3) is 0.643. The van der Waals surface area contributed by atoms with E-state index in [9.17, 15) is 9.50 Å². The van der Waals surface area contributed by atoms with Crippen LogP contribution in [0.4, 0.5) is 10.2 Å². The molecule has 104 valence electrons. The summed E-state index contributed by atoms with van der Waals surface area (Å²) < 4.78 is 13.2. The summed E-state index contributed by atoms with van der Waals surface area (Å²) in [5.74, 6) is 0.350. The highest BCUT2D eigenvalue weighted by Gasteiger charge is 2.35. The Morgan fingerprint density at radius 2 is 2.32 bits per heavy atom. The number of hydrogen-bond donors (Lipinski definition) is 1.